The van der Waals surface area contributed by atoms with Crippen LogP contribution in [0.2, 0.25) is 0 Å². The molecule has 0 aliphatic heterocycles. The Morgan fingerprint density at radius 1 is 1.36 bits per heavy atom. The van der Waals surface area contributed by atoms with Crippen molar-refractivity contribution in [1.82, 2.24) is 4.90 Å². The molecule has 0 atom stereocenters. The molecular weight excluding hydrogens is 202 g/mol. The molecule has 0 aromatic carbocycles. The standard InChI is InChI=1S/C10H19NO2.ClH/c1-11(8-7-10(12)13)9-5-3-2-4-6-9;/h9H,2-8H2,1H3,(H,12,13);1H. The second-order valence-corrected chi connectivity index (χ2v) is 3.92. The van der Waals surface area contributed by atoms with Crippen molar-refractivity contribution in [1.29, 1.82) is 0 Å². The lowest BCUT2D eigenvalue weighted by Crippen LogP contribution is -2.34. The van der Waals surface area contributed by atoms with Crippen molar-refractivity contribution in [2.45, 2.75) is 44.6 Å². The van der Waals surface area contributed by atoms with Gasteiger partial charge in [-0.3, -0.25) is 4.79 Å². The van der Waals surface area contributed by atoms with Gasteiger partial charge in [0.15, 0.2) is 0 Å². The first-order valence-electron chi connectivity index (χ1n) is 5.12. The Kier molecular flexibility index (Phi) is 6.93. The predicted octanol–water partition coefficient (Wildman–Crippen LogP) is 2.15. The molecule has 0 bridgehead atoms. The molecule has 1 fully saturated rings. The van der Waals surface area contributed by atoms with Crippen LogP contribution in [0.15, 0.2) is 0 Å². The van der Waals surface area contributed by atoms with Gasteiger partial charge in [0.05, 0.1) is 6.42 Å². The Morgan fingerprint density at radius 2 is 1.93 bits per heavy atom. The van der Waals surface area contributed by atoms with Crippen molar-refractivity contribution in [2.24, 2.45) is 0 Å². The summed E-state index contributed by atoms with van der Waals surface area (Å²) < 4.78 is 0. The maximum absolute atomic E-state index is 10.4. The third kappa shape index (κ3) is 4.82. The molecule has 3 nitrogen and oxygen atoms in total. The second-order valence-electron chi connectivity index (χ2n) is 3.92. The van der Waals surface area contributed by atoms with Gasteiger partial charge in [-0.05, 0) is 19.9 Å². The summed E-state index contributed by atoms with van der Waals surface area (Å²) in [5.41, 5.74) is 0. The molecule has 0 amide bonds. The number of hydrogen-bond donors (Lipinski definition) is 1. The van der Waals surface area contributed by atoms with Crippen LogP contribution < -0.4 is 0 Å². The molecule has 84 valence electrons. The molecule has 4 heteroatoms. The zero-order chi connectivity index (χ0) is 9.68. The normalized spacial score (nSPS) is 17.9. The Labute approximate surface area is 91.9 Å². The third-order valence-electron chi connectivity index (χ3n) is 2.88. The van der Waals surface area contributed by atoms with E-state index < -0.39 is 5.97 Å². The van der Waals surface area contributed by atoms with Crippen LogP contribution in [0.1, 0.15) is 38.5 Å². The highest BCUT2D eigenvalue weighted by atomic mass is 35.5. The lowest BCUT2D eigenvalue weighted by atomic mass is 9.94. The van der Waals surface area contributed by atoms with Gasteiger partial charge in [0.1, 0.15) is 0 Å². The number of rotatable bonds is 4. The van der Waals surface area contributed by atoms with E-state index >= 15 is 0 Å². The Bertz CT molecular complexity index is 170. The Balaban J connectivity index is 0.00000169. The van der Waals surface area contributed by atoms with Crippen LogP contribution in [0.5, 0.6) is 0 Å². The van der Waals surface area contributed by atoms with Crippen molar-refractivity contribution >= 4 is 18.4 Å². The van der Waals surface area contributed by atoms with Crippen molar-refractivity contribution in [3.8, 4) is 0 Å². The minimum absolute atomic E-state index is 0. The molecule has 0 spiro atoms. The molecule has 1 aliphatic rings. The van der Waals surface area contributed by atoms with Gasteiger partial charge in [-0.1, -0.05) is 19.3 Å². The molecule has 1 saturated carbocycles. The van der Waals surface area contributed by atoms with E-state index in [0.717, 1.165) is 0 Å². The van der Waals surface area contributed by atoms with E-state index in [1.165, 1.54) is 32.1 Å². The average molecular weight is 222 g/mol. The van der Waals surface area contributed by atoms with Gasteiger partial charge in [0.25, 0.3) is 0 Å². The first-order valence-corrected chi connectivity index (χ1v) is 5.12. The number of carbonyl (C=O) groups is 1. The number of halogens is 1. The van der Waals surface area contributed by atoms with Crippen LogP contribution in [-0.2, 0) is 4.79 Å². The zero-order valence-electron chi connectivity index (χ0n) is 8.74. The van der Waals surface area contributed by atoms with E-state index in [1.807, 2.05) is 7.05 Å². The van der Waals surface area contributed by atoms with E-state index in [1.54, 1.807) is 0 Å². The lowest BCUT2D eigenvalue weighted by molar-refractivity contribution is -0.137. The summed E-state index contributed by atoms with van der Waals surface area (Å²) in [6.45, 7) is 0.694. The second kappa shape index (κ2) is 7.07. The summed E-state index contributed by atoms with van der Waals surface area (Å²) in [6.07, 6.45) is 6.73. The highest BCUT2D eigenvalue weighted by molar-refractivity contribution is 5.85. The topological polar surface area (TPSA) is 40.5 Å². The maximum atomic E-state index is 10.4. The number of hydrogen-bond acceptors (Lipinski definition) is 2. The summed E-state index contributed by atoms with van der Waals surface area (Å²) in [4.78, 5) is 12.6. The fourth-order valence-corrected chi connectivity index (χ4v) is 1.98. The van der Waals surface area contributed by atoms with Gasteiger partial charge in [-0.15, -0.1) is 12.4 Å². The van der Waals surface area contributed by atoms with Gasteiger partial charge in [-0.25, -0.2) is 0 Å². The van der Waals surface area contributed by atoms with Crippen molar-refractivity contribution in [3.05, 3.63) is 0 Å². The van der Waals surface area contributed by atoms with Crippen LogP contribution in [0.3, 0.4) is 0 Å². The van der Waals surface area contributed by atoms with Gasteiger partial charge in [0.2, 0.25) is 0 Å². The van der Waals surface area contributed by atoms with Gasteiger partial charge in [-0.2, -0.15) is 0 Å². The fraction of sp³-hybridized carbons (Fsp3) is 0.900. The van der Waals surface area contributed by atoms with E-state index in [2.05, 4.69) is 4.90 Å². The highest BCUT2D eigenvalue weighted by Gasteiger charge is 2.17. The SMILES string of the molecule is CN(CCC(=O)O)C1CCCCC1.Cl. The summed E-state index contributed by atoms with van der Waals surface area (Å²) in [6, 6.07) is 0.632. The average Bonchev–Trinajstić information content (AvgIpc) is 2.15. The van der Waals surface area contributed by atoms with Crippen molar-refractivity contribution in [3.63, 3.8) is 0 Å². The molecule has 0 aromatic heterocycles. The quantitative estimate of drug-likeness (QED) is 0.791. The highest BCUT2D eigenvalue weighted by Crippen LogP contribution is 2.21. The fourth-order valence-electron chi connectivity index (χ4n) is 1.98. The van der Waals surface area contributed by atoms with Gasteiger partial charge >= 0.3 is 5.97 Å². The van der Waals surface area contributed by atoms with E-state index in [-0.39, 0.29) is 18.8 Å². The molecule has 1 rings (SSSR count). The Morgan fingerprint density at radius 3 is 2.43 bits per heavy atom. The van der Waals surface area contributed by atoms with Crippen molar-refractivity contribution in [2.75, 3.05) is 13.6 Å². The largest absolute Gasteiger partial charge is 0.481 e. The Hall–Kier alpha value is -0.280. The first kappa shape index (κ1) is 13.7. The number of nitrogens with zero attached hydrogens (tertiary/aromatic N) is 1. The molecule has 14 heavy (non-hydrogen) atoms. The van der Waals surface area contributed by atoms with E-state index in [9.17, 15) is 4.79 Å². The molecule has 0 heterocycles. The summed E-state index contributed by atoms with van der Waals surface area (Å²) >= 11 is 0. The third-order valence-corrected chi connectivity index (χ3v) is 2.88. The van der Waals surface area contributed by atoms with E-state index in [0.29, 0.717) is 12.6 Å². The molecule has 1 N–H and O–H groups in total. The number of carboxylic acids is 1. The molecule has 0 radical (unpaired) electrons. The smallest absolute Gasteiger partial charge is 0.304 e. The summed E-state index contributed by atoms with van der Waals surface area (Å²) in [7, 11) is 2.04. The molecular formula is C10H20ClNO2. The molecule has 1 aliphatic carbocycles. The minimum atomic E-state index is -0.692. The van der Waals surface area contributed by atoms with Crippen LogP contribution in [0, 0.1) is 0 Å². The van der Waals surface area contributed by atoms with Crippen molar-refractivity contribution < 1.29 is 9.90 Å². The van der Waals surface area contributed by atoms with Crippen LogP contribution >= 0.6 is 12.4 Å². The van der Waals surface area contributed by atoms with Crippen LogP contribution in [-0.4, -0.2) is 35.6 Å². The monoisotopic (exact) mass is 221 g/mol. The number of aliphatic carboxylic acids is 1. The van der Waals surface area contributed by atoms with Gasteiger partial charge in [0, 0.05) is 12.6 Å². The summed E-state index contributed by atoms with van der Waals surface area (Å²) in [5.74, 6) is -0.692. The summed E-state index contributed by atoms with van der Waals surface area (Å²) in [5, 5.41) is 8.53. The molecule has 0 aromatic rings. The van der Waals surface area contributed by atoms with Crippen LogP contribution in [0.4, 0.5) is 0 Å². The van der Waals surface area contributed by atoms with Gasteiger partial charge < -0.3 is 10.0 Å². The number of carboxylic acid groups (broad SMARTS) is 1. The first-order chi connectivity index (χ1) is 6.20. The molecule has 0 saturated heterocycles. The maximum Gasteiger partial charge on any atom is 0.304 e. The molecule has 0 unspecified atom stereocenters. The zero-order valence-corrected chi connectivity index (χ0v) is 9.55. The lowest BCUT2D eigenvalue weighted by Gasteiger charge is -2.30. The predicted molar refractivity (Wildman–Crippen MR) is 59.0 cm³/mol. The minimum Gasteiger partial charge on any atom is -0.481 e. The van der Waals surface area contributed by atoms with Crippen LogP contribution in [0.25, 0.3) is 0 Å². The van der Waals surface area contributed by atoms with E-state index in [4.69, 9.17) is 5.11 Å².